The van der Waals surface area contributed by atoms with Gasteiger partial charge in [0.2, 0.25) is 0 Å². The number of aromatic nitrogens is 4. The van der Waals surface area contributed by atoms with Crippen molar-refractivity contribution in [2.45, 2.75) is 33.0 Å². The summed E-state index contributed by atoms with van der Waals surface area (Å²) < 4.78 is 25.3. The first-order valence-electron chi connectivity index (χ1n) is 9.33. The molecule has 0 radical (unpaired) electrons. The van der Waals surface area contributed by atoms with Gasteiger partial charge in [-0.15, -0.1) is 15.0 Å². The van der Waals surface area contributed by atoms with Crippen LogP contribution in [-0.2, 0) is 6.61 Å². The van der Waals surface area contributed by atoms with E-state index in [1.807, 2.05) is 26.0 Å². The number of pyridine rings is 1. The van der Waals surface area contributed by atoms with Gasteiger partial charge in [-0.2, -0.15) is 0 Å². The van der Waals surface area contributed by atoms with Crippen molar-refractivity contribution in [3.8, 4) is 17.2 Å². The van der Waals surface area contributed by atoms with Crippen molar-refractivity contribution in [1.82, 2.24) is 20.0 Å². The Morgan fingerprint density at radius 2 is 1.90 bits per heavy atom. The highest BCUT2D eigenvalue weighted by Crippen LogP contribution is 2.28. The smallest absolute Gasteiger partial charge is 0.167 e. The van der Waals surface area contributed by atoms with Crippen molar-refractivity contribution in [2.75, 3.05) is 7.11 Å². The summed E-state index contributed by atoms with van der Waals surface area (Å²) in [7, 11) is 1.56. The fraction of sp³-hybridized carbons (Fsp3) is 0.286. The van der Waals surface area contributed by atoms with Crippen LogP contribution in [0, 0.1) is 5.82 Å². The third-order valence-electron chi connectivity index (χ3n) is 4.77. The molecule has 0 aliphatic heterocycles. The number of nitrogens with zero attached hydrogens (tertiary/aromatic N) is 4. The largest absolute Gasteiger partial charge is 0.495 e. The van der Waals surface area contributed by atoms with Crippen LogP contribution in [0.15, 0.2) is 36.5 Å². The van der Waals surface area contributed by atoms with E-state index >= 15 is 0 Å². The Bertz CT molecular complexity index is 1190. The molecule has 2 heterocycles. The Labute approximate surface area is 166 Å². The number of halogens is 1. The van der Waals surface area contributed by atoms with Crippen molar-refractivity contribution in [3.05, 3.63) is 47.9 Å². The topological polar surface area (TPSA) is 82.3 Å². The molecule has 0 unspecified atom stereocenters. The van der Waals surface area contributed by atoms with Gasteiger partial charge in [-0.05, 0) is 37.1 Å². The molecule has 0 saturated carbocycles. The zero-order chi connectivity index (χ0) is 20.5. The van der Waals surface area contributed by atoms with Gasteiger partial charge in [-0.1, -0.05) is 6.92 Å². The average molecular weight is 396 g/mol. The second-order valence-electron chi connectivity index (χ2n) is 6.82. The summed E-state index contributed by atoms with van der Waals surface area (Å²) in [5.41, 5.74) is 2.79. The Morgan fingerprint density at radius 1 is 1.14 bits per heavy atom. The maximum absolute atomic E-state index is 14.4. The van der Waals surface area contributed by atoms with E-state index in [2.05, 4.69) is 15.2 Å². The summed E-state index contributed by atoms with van der Waals surface area (Å²) in [5.74, 6) is 0.267. The molecular weight excluding hydrogens is 375 g/mol. The molecule has 4 rings (SSSR count). The van der Waals surface area contributed by atoms with E-state index in [9.17, 15) is 9.50 Å². The molecule has 2 aromatic heterocycles. The number of hydrogen-bond donors (Lipinski definition) is 1. The van der Waals surface area contributed by atoms with Crippen molar-refractivity contribution in [3.63, 3.8) is 0 Å². The van der Waals surface area contributed by atoms with Crippen molar-refractivity contribution in [2.24, 2.45) is 0 Å². The zero-order valence-corrected chi connectivity index (χ0v) is 16.4. The number of fused-ring (bicyclic) bond motifs is 2. The standard InChI is InChI=1S/C21H21FN4O3/c1-4-12(2)29-20-9-18-17(8-16(20)22)24-26(25-18)19-6-13(11-27)5-14-7-15(28-3)10-23-21(14)19/h5-10,12,27H,4,11H2,1-3H3/t12-/m0/s1. The Balaban J connectivity index is 1.86. The predicted molar refractivity (Wildman–Crippen MR) is 107 cm³/mol. The van der Waals surface area contributed by atoms with Crippen LogP contribution in [0.2, 0.25) is 0 Å². The van der Waals surface area contributed by atoms with Crippen LogP contribution >= 0.6 is 0 Å². The van der Waals surface area contributed by atoms with Crippen LogP contribution in [0.1, 0.15) is 25.8 Å². The molecule has 0 bridgehead atoms. The minimum atomic E-state index is -0.485. The van der Waals surface area contributed by atoms with Crippen LogP contribution < -0.4 is 9.47 Å². The Hall–Kier alpha value is -3.26. The first kappa shape index (κ1) is 19.1. The highest BCUT2D eigenvalue weighted by Gasteiger charge is 2.16. The monoisotopic (exact) mass is 396 g/mol. The Morgan fingerprint density at radius 3 is 2.59 bits per heavy atom. The summed E-state index contributed by atoms with van der Waals surface area (Å²) in [6.45, 7) is 3.70. The highest BCUT2D eigenvalue weighted by molar-refractivity contribution is 5.88. The van der Waals surface area contributed by atoms with Gasteiger partial charge < -0.3 is 14.6 Å². The van der Waals surface area contributed by atoms with E-state index in [-0.39, 0.29) is 18.5 Å². The van der Waals surface area contributed by atoms with Gasteiger partial charge in [0, 0.05) is 17.5 Å². The van der Waals surface area contributed by atoms with Crippen molar-refractivity contribution < 1.29 is 19.0 Å². The lowest BCUT2D eigenvalue weighted by Crippen LogP contribution is -2.10. The summed E-state index contributed by atoms with van der Waals surface area (Å²) in [4.78, 5) is 5.85. The molecule has 8 heteroatoms. The molecule has 0 aliphatic carbocycles. The number of aliphatic hydroxyl groups excluding tert-OH is 1. The van der Waals surface area contributed by atoms with Gasteiger partial charge in [-0.25, -0.2) is 4.39 Å². The molecule has 7 nitrogen and oxygen atoms in total. The van der Waals surface area contributed by atoms with E-state index in [1.54, 1.807) is 25.4 Å². The fourth-order valence-corrected chi connectivity index (χ4v) is 3.04. The molecule has 0 saturated heterocycles. The molecule has 1 atom stereocenters. The molecule has 0 fully saturated rings. The fourth-order valence-electron chi connectivity index (χ4n) is 3.04. The molecule has 29 heavy (non-hydrogen) atoms. The summed E-state index contributed by atoms with van der Waals surface area (Å²) >= 11 is 0. The van der Waals surface area contributed by atoms with Crippen molar-refractivity contribution in [1.29, 1.82) is 0 Å². The molecule has 0 amide bonds. The van der Waals surface area contributed by atoms with Gasteiger partial charge in [0.25, 0.3) is 0 Å². The number of methoxy groups -OCH3 is 1. The normalized spacial score (nSPS) is 12.4. The van der Waals surface area contributed by atoms with E-state index < -0.39 is 5.82 Å². The predicted octanol–water partition coefficient (Wildman–Crippen LogP) is 3.79. The van der Waals surface area contributed by atoms with Crippen LogP contribution in [0.25, 0.3) is 27.6 Å². The highest BCUT2D eigenvalue weighted by atomic mass is 19.1. The lowest BCUT2D eigenvalue weighted by molar-refractivity contribution is 0.208. The first-order valence-corrected chi connectivity index (χ1v) is 9.33. The second-order valence-corrected chi connectivity index (χ2v) is 6.82. The minimum Gasteiger partial charge on any atom is -0.495 e. The van der Waals surface area contributed by atoms with Crippen LogP contribution in [0.4, 0.5) is 4.39 Å². The SMILES string of the molecule is CC[C@H](C)Oc1cc2nn(-c3cc(CO)cc4cc(OC)cnc34)nc2cc1F. The van der Waals surface area contributed by atoms with Gasteiger partial charge in [0.15, 0.2) is 11.6 Å². The summed E-state index contributed by atoms with van der Waals surface area (Å²) in [5, 5.41) is 19.3. The molecule has 0 aliphatic rings. The molecular formula is C21H21FN4O3. The number of ether oxygens (including phenoxy) is 2. The van der Waals surface area contributed by atoms with E-state index in [0.29, 0.717) is 33.6 Å². The molecule has 150 valence electrons. The third-order valence-corrected chi connectivity index (χ3v) is 4.77. The van der Waals surface area contributed by atoms with E-state index in [4.69, 9.17) is 9.47 Å². The number of hydrogen-bond acceptors (Lipinski definition) is 6. The van der Waals surface area contributed by atoms with Crippen LogP contribution in [0.5, 0.6) is 11.5 Å². The van der Waals surface area contributed by atoms with Gasteiger partial charge >= 0.3 is 0 Å². The molecule has 0 spiro atoms. The number of aliphatic hydroxyl groups is 1. The number of rotatable bonds is 6. The van der Waals surface area contributed by atoms with Crippen LogP contribution in [-0.4, -0.2) is 38.3 Å². The quantitative estimate of drug-likeness (QED) is 0.534. The summed E-state index contributed by atoms with van der Waals surface area (Å²) in [6, 6.07) is 8.27. The lowest BCUT2D eigenvalue weighted by atomic mass is 10.1. The number of benzene rings is 2. The molecule has 2 aromatic carbocycles. The van der Waals surface area contributed by atoms with E-state index in [0.717, 1.165) is 11.8 Å². The average Bonchev–Trinajstić information content (AvgIpc) is 3.14. The van der Waals surface area contributed by atoms with Gasteiger partial charge in [0.1, 0.15) is 22.5 Å². The minimum absolute atomic E-state index is 0.110. The zero-order valence-electron chi connectivity index (χ0n) is 16.4. The van der Waals surface area contributed by atoms with Crippen LogP contribution in [0.3, 0.4) is 0 Å². The Kier molecular flexibility index (Phi) is 5.02. The first-order chi connectivity index (χ1) is 14.0. The third kappa shape index (κ3) is 3.58. The van der Waals surface area contributed by atoms with Gasteiger partial charge in [-0.3, -0.25) is 4.98 Å². The maximum atomic E-state index is 14.4. The summed E-state index contributed by atoms with van der Waals surface area (Å²) in [6.07, 6.45) is 2.26. The lowest BCUT2D eigenvalue weighted by Gasteiger charge is -2.12. The molecule has 1 N–H and O–H groups in total. The van der Waals surface area contributed by atoms with Gasteiger partial charge in [0.05, 0.1) is 31.5 Å². The molecule has 4 aromatic rings. The van der Waals surface area contributed by atoms with E-state index in [1.165, 1.54) is 10.9 Å². The van der Waals surface area contributed by atoms with Crippen molar-refractivity contribution >= 4 is 21.9 Å². The maximum Gasteiger partial charge on any atom is 0.167 e. The second kappa shape index (κ2) is 7.63.